The maximum atomic E-state index is 12.9. The number of aryl methyl sites for hydroxylation is 1. The molecule has 0 fully saturated rings. The van der Waals surface area contributed by atoms with E-state index in [0.717, 1.165) is 37.6 Å². The highest BCUT2D eigenvalue weighted by Gasteiger charge is 2.28. The lowest BCUT2D eigenvalue weighted by atomic mass is 10.1. The van der Waals surface area contributed by atoms with Crippen LogP contribution in [-0.2, 0) is 26.0 Å². The molecule has 13 heteroatoms. The van der Waals surface area contributed by atoms with Crippen molar-refractivity contribution in [1.29, 1.82) is 0 Å². The maximum absolute atomic E-state index is 12.9. The van der Waals surface area contributed by atoms with Crippen molar-refractivity contribution in [3.05, 3.63) is 52.5 Å². The molecule has 0 radical (unpaired) electrons. The fourth-order valence-corrected chi connectivity index (χ4v) is 4.58. The van der Waals surface area contributed by atoms with Gasteiger partial charge in [-0.1, -0.05) is 37.6 Å². The van der Waals surface area contributed by atoms with Crippen molar-refractivity contribution in [2.75, 3.05) is 18.4 Å². The van der Waals surface area contributed by atoms with Crippen molar-refractivity contribution < 1.29 is 32.3 Å². The number of esters is 1. The molecule has 0 saturated carbocycles. The average Bonchev–Trinajstić information content (AvgIpc) is 2.82. The summed E-state index contributed by atoms with van der Waals surface area (Å²) in [6, 6.07) is 7.63. The first-order chi connectivity index (χ1) is 16.9. The second kappa shape index (κ2) is 12.6. The molecule has 0 spiro atoms. The summed E-state index contributed by atoms with van der Waals surface area (Å²) in [7, 11) is -3.03. The lowest BCUT2D eigenvalue weighted by Gasteiger charge is -2.20. The molecular formula is C23H29ClN4O7S. The Kier molecular flexibility index (Phi) is 10.1. The zero-order valence-electron chi connectivity index (χ0n) is 20.0. The molecule has 2 amide bonds. The van der Waals surface area contributed by atoms with E-state index >= 15 is 0 Å². The van der Waals surface area contributed by atoms with Gasteiger partial charge in [0.1, 0.15) is 6.04 Å². The molecule has 2 rings (SSSR count). The Morgan fingerprint density at radius 1 is 1.11 bits per heavy atom. The van der Waals surface area contributed by atoms with Crippen LogP contribution in [0, 0.1) is 5.92 Å². The minimum atomic E-state index is -4.19. The molecule has 6 N–H and O–H groups in total. The molecular weight excluding hydrogens is 512 g/mol. The normalized spacial score (nSPS) is 12.1. The summed E-state index contributed by atoms with van der Waals surface area (Å²) < 4.78 is 38.0. The highest BCUT2D eigenvalue weighted by atomic mass is 35.5. The number of sulfonamides is 1. The summed E-state index contributed by atoms with van der Waals surface area (Å²) in [5, 5.41) is 1.96. The molecule has 0 unspecified atom stereocenters. The second-order valence-electron chi connectivity index (χ2n) is 8.12. The van der Waals surface area contributed by atoms with Gasteiger partial charge in [-0.3, -0.25) is 9.52 Å². The van der Waals surface area contributed by atoms with Crippen LogP contribution in [-0.4, -0.2) is 46.1 Å². The Morgan fingerprint density at radius 3 is 2.28 bits per heavy atom. The molecule has 0 aliphatic rings. The number of methoxy groups -OCH3 is 1. The molecule has 196 valence electrons. The van der Waals surface area contributed by atoms with Crippen molar-refractivity contribution in [1.82, 2.24) is 5.32 Å². The fraction of sp³-hybridized carbons (Fsp3) is 0.348. The molecule has 0 aliphatic carbocycles. The first-order valence-corrected chi connectivity index (χ1v) is 12.8. The van der Waals surface area contributed by atoms with Crippen LogP contribution in [0.15, 0.2) is 41.3 Å². The van der Waals surface area contributed by atoms with Crippen LogP contribution in [0.4, 0.5) is 10.5 Å². The lowest BCUT2D eigenvalue weighted by Crippen LogP contribution is -2.46. The lowest BCUT2D eigenvalue weighted by molar-refractivity contribution is -0.144. The molecule has 36 heavy (non-hydrogen) atoms. The first-order valence-electron chi connectivity index (χ1n) is 10.9. The van der Waals surface area contributed by atoms with Gasteiger partial charge in [0.05, 0.1) is 22.6 Å². The van der Waals surface area contributed by atoms with E-state index in [4.69, 9.17) is 27.8 Å². The number of primary amides is 1. The van der Waals surface area contributed by atoms with Crippen LogP contribution in [0.25, 0.3) is 0 Å². The van der Waals surface area contributed by atoms with Crippen molar-refractivity contribution >= 4 is 45.3 Å². The predicted molar refractivity (Wildman–Crippen MR) is 134 cm³/mol. The highest BCUT2D eigenvalue weighted by Crippen LogP contribution is 2.33. The number of halogens is 1. The minimum Gasteiger partial charge on any atom is -0.467 e. The summed E-state index contributed by atoms with van der Waals surface area (Å²) in [5.74, 6) is -2.60. The van der Waals surface area contributed by atoms with Crippen molar-refractivity contribution in [2.24, 2.45) is 17.4 Å². The fourth-order valence-electron chi connectivity index (χ4n) is 3.14. The number of nitrogens with two attached hydrogens (primary N) is 2. The second-order valence-corrected chi connectivity index (χ2v) is 10.2. The van der Waals surface area contributed by atoms with E-state index in [1.54, 1.807) is 38.1 Å². The zero-order valence-corrected chi connectivity index (χ0v) is 21.6. The van der Waals surface area contributed by atoms with Crippen LogP contribution >= 0.6 is 11.6 Å². The third kappa shape index (κ3) is 7.57. The van der Waals surface area contributed by atoms with E-state index in [2.05, 4.69) is 14.8 Å². The molecule has 2 aromatic rings. The number of hydrogen-bond donors (Lipinski definition) is 4. The van der Waals surface area contributed by atoms with Gasteiger partial charge >= 0.3 is 12.1 Å². The van der Waals surface area contributed by atoms with E-state index < -0.39 is 45.3 Å². The largest absolute Gasteiger partial charge is 0.467 e. The van der Waals surface area contributed by atoms with Gasteiger partial charge in [-0.2, -0.15) is 0 Å². The molecule has 2 aromatic carbocycles. The molecule has 1 atom stereocenters. The molecule has 0 saturated heterocycles. The Morgan fingerprint density at radius 2 is 1.75 bits per heavy atom. The summed E-state index contributed by atoms with van der Waals surface area (Å²) in [4.78, 5) is 36.0. The van der Waals surface area contributed by atoms with Crippen molar-refractivity contribution in [3.63, 3.8) is 0 Å². The average molecular weight is 541 g/mol. The summed E-state index contributed by atoms with van der Waals surface area (Å²) >= 11 is 6.18. The Labute approximate surface area is 214 Å². The highest BCUT2D eigenvalue weighted by molar-refractivity contribution is 7.92. The molecule has 0 bridgehead atoms. The number of carbonyl (C=O) groups excluding carboxylic acids is 3. The standard InChI is InChI=1S/C23H29ClN4O7S/c1-13(2)19(22(30)34-3)27-23(31)35-20-17(21(26)29)11-16(12-18(20)24)36(32,33)28-15-8-6-14(7-9-15)5-4-10-25/h6-9,11-13,19,28H,4-5,10,25H2,1-3H3,(H2,26,29)(H,27,31)/t19-/m0/s1. The monoisotopic (exact) mass is 540 g/mol. The number of benzene rings is 2. The Bertz CT molecular complexity index is 1220. The smallest absolute Gasteiger partial charge is 0.413 e. The first kappa shape index (κ1) is 28.9. The van der Waals surface area contributed by atoms with Crippen LogP contribution in [0.5, 0.6) is 5.75 Å². The van der Waals surface area contributed by atoms with E-state index in [-0.39, 0.29) is 21.5 Å². The number of carbonyl (C=O) groups is 3. The van der Waals surface area contributed by atoms with Gasteiger partial charge in [-0.25, -0.2) is 18.0 Å². The van der Waals surface area contributed by atoms with E-state index in [0.29, 0.717) is 6.54 Å². The maximum Gasteiger partial charge on any atom is 0.413 e. The minimum absolute atomic E-state index is 0.283. The summed E-state index contributed by atoms with van der Waals surface area (Å²) in [5.41, 5.74) is 11.7. The Hall–Kier alpha value is -3.35. The number of nitrogens with one attached hydrogen (secondary N) is 2. The van der Waals surface area contributed by atoms with Gasteiger partial charge in [-0.15, -0.1) is 0 Å². The van der Waals surface area contributed by atoms with Crippen LogP contribution in [0.1, 0.15) is 36.2 Å². The van der Waals surface area contributed by atoms with Crippen LogP contribution < -0.4 is 26.2 Å². The number of hydrogen-bond acceptors (Lipinski definition) is 8. The van der Waals surface area contributed by atoms with Gasteiger partial charge in [0.2, 0.25) is 0 Å². The van der Waals surface area contributed by atoms with Crippen molar-refractivity contribution in [2.45, 2.75) is 37.6 Å². The van der Waals surface area contributed by atoms with Gasteiger partial charge in [-0.05, 0) is 55.1 Å². The van der Waals surface area contributed by atoms with Gasteiger partial charge in [0.25, 0.3) is 15.9 Å². The van der Waals surface area contributed by atoms with Gasteiger partial charge in [0, 0.05) is 5.69 Å². The zero-order chi connectivity index (χ0) is 27.0. The molecule has 0 aromatic heterocycles. The number of rotatable bonds is 11. The summed E-state index contributed by atoms with van der Waals surface area (Å²) in [6.07, 6.45) is 0.437. The van der Waals surface area contributed by atoms with E-state index in [1.165, 1.54) is 0 Å². The van der Waals surface area contributed by atoms with Gasteiger partial charge < -0.3 is 26.3 Å². The molecule has 0 heterocycles. The molecule has 11 nitrogen and oxygen atoms in total. The van der Waals surface area contributed by atoms with Gasteiger partial charge in [0.15, 0.2) is 5.75 Å². The van der Waals surface area contributed by atoms with Crippen LogP contribution in [0.3, 0.4) is 0 Å². The predicted octanol–water partition coefficient (Wildman–Crippen LogP) is 2.42. The van der Waals surface area contributed by atoms with Crippen molar-refractivity contribution in [3.8, 4) is 5.75 Å². The SMILES string of the molecule is COC(=O)[C@@H](NC(=O)Oc1c(Cl)cc(S(=O)(=O)Nc2ccc(CCCN)cc2)cc1C(N)=O)C(C)C. The number of anilines is 1. The quantitative estimate of drug-likeness (QED) is 0.313. The van der Waals surface area contributed by atoms with E-state index in [1.807, 2.05) is 0 Å². The van der Waals surface area contributed by atoms with E-state index in [9.17, 15) is 22.8 Å². The third-order valence-corrected chi connectivity index (χ3v) is 6.70. The number of amides is 2. The third-order valence-electron chi connectivity index (χ3n) is 5.06. The summed E-state index contributed by atoms with van der Waals surface area (Å²) in [6.45, 7) is 3.89. The number of ether oxygens (including phenoxy) is 2. The Balaban J connectivity index is 2.30. The van der Waals surface area contributed by atoms with Crippen LogP contribution in [0.2, 0.25) is 5.02 Å². The molecule has 0 aliphatic heterocycles. The topological polar surface area (TPSA) is 180 Å².